The summed E-state index contributed by atoms with van der Waals surface area (Å²) in [6.07, 6.45) is -1.53. The van der Waals surface area contributed by atoms with Crippen molar-refractivity contribution in [3.05, 3.63) is 27.1 Å². The summed E-state index contributed by atoms with van der Waals surface area (Å²) < 4.78 is 1.42. The minimum absolute atomic E-state index is 0.0557. The predicted octanol–water partition coefficient (Wildman–Crippen LogP) is 2.17. The summed E-state index contributed by atoms with van der Waals surface area (Å²) in [6.45, 7) is 0.0569. The van der Waals surface area contributed by atoms with Gasteiger partial charge in [-0.2, -0.15) is 0 Å². The van der Waals surface area contributed by atoms with E-state index in [2.05, 4.69) is 42.5 Å². The largest absolute Gasteiger partial charge is 0.479 e. The molecule has 6 nitrogen and oxygen atoms in total. The van der Waals surface area contributed by atoms with Crippen molar-refractivity contribution in [1.82, 2.24) is 5.32 Å². The van der Waals surface area contributed by atoms with Crippen LogP contribution in [0, 0.1) is 0 Å². The van der Waals surface area contributed by atoms with Gasteiger partial charge in [0.1, 0.15) is 0 Å². The van der Waals surface area contributed by atoms with Gasteiger partial charge in [-0.1, -0.05) is 6.07 Å². The first-order valence-corrected chi connectivity index (χ1v) is 6.90. The van der Waals surface area contributed by atoms with E-state index in [1.54, 1.807) is 18.2 Å². The number of aliphatic hydroxyl groups excluding tert-OH is 1. The zero-order valence-electron chi connectivity index (χ0n) is 9.69. The molecule has 1 rings (SSSR count). The number of anilines is 1. The zero-order chi connectivity index (χ0) is 14.4. The van der Waals surface area contributed by atoms with Crippen LogP contribution < -0.4 is 10.6 Å². The van der Waals surface area contributed by atoms with Gasteiger partial charge < -0.3 is 20.8 Å². The Morgan fingerprint density at radius 3 is 2.37 bits per heavy atom. The number of benzene rings is 1. The summed E-state index contributed by atoms with van der Waals surface area (Å²) in [5.74, 6) is -1.31. The summed E-state index contributed by atoms with van der Waals surface area (Å²) >= 11 is 6.59. The minimum atomic E-state index is -1.48. The molecule has 0 aliphatic heterocycles. The van der Waals surface area contributed by atoms with Crippen LogP contribution in [0.4, 0.5) is 10.5 Å². The topological polar surface area (TPSA) is 98.7 Å². The Hall–Kier alpha value is -1.12. The van der Waals surface area contributed by atoms with E-state index >= 15 is 0 Å². The monoisotopic (exact) mass is 394 g/mol. The Morgan fingerprint density at radius 2 is 1.84 bits per heavy atom. The van der Waals surface area contributed by atoms with Gasteiger partial charge in [0.05, 0.1) is 5.69 Å². The molecule has 8 heteroatoms. The lowest BCUT2D eigenvalue weighted by Crippen LogP contribution is -2.33. The number of aliphatic carboxylic acids is 1. The lowest BCUT2D eigenvalue weighted by atomic mass is 10.2. The van der Waals surface area contributed by atoms with Crippen molar-refractivity contribution in [3.8, 4) is 0 Å². The second-order valence-corrected chi connectivity index (χ2v) is 5.33. The molecule has 0 fully saturated rings. The Balaban J connectivity index is 2.46. The normalized spacial score (nSPS) is 11.7. The third-order valence-corrected chi connectivity index (χ3v) is 3.51. The number of hydrogen-bond donors (Lipinski definition) is 4. The molecule has 19 heavy (non-hydrogen) atoms. The van der Waals surface area contributed by atoms with Gasteiger partial charge in [0, 0.05) is 21.9 Å². The molecule has 0 heterocycles. The lowest BCUT2D eigenvalue weighted by molar-refractivity contribution is -0.146. The molecule has 104 valence electrons. The van der Waals surface area contributed by atoms with E-state index in [4.69, 9.17) is 10.2 Å². The molecule has 0 bridgehead atoms. The number of amides is 2. The Labute approximate surface area is 126 Å². The van der Waals surface area contributed by atoms with Crippen LogP contribution in [0.25, 0.3) is 0 Å². The van der Waals surface area contributed by atoms with Gasteiger partial charge in [-0.25, -0.2) is 9.59 Å². The van der Waals surface area contributed by atoms with Gasteiger partial charge in [0.15, 0.2) is 6.10 Å². The molecular formula is C11H12Br2N2O4. The van der Waals surface area contributed by atoms with E-state index in [0.717, 1.165) is 0 Å². The number of carbonyl (C=O) groups is 2. The highest BCUT2D eigenvalue weighted by Crippen LogP contribution is 2.30. The van der Waals surface area contributed by atoms with Crippen molar-refractivity contribution >= 4 is 49.5 Å². The fourth-order valence-electron chi connectivity index (χ4n) is 1.22. The first-order valence-electron chi connectivity index (χ1n) is 5.31. The highest BCUT2D eigenvalue weighted by molar-refractivity contribution is 9.11. The van der Waals surface area contributed by atoms with Crippen LogP contribution in [0.1, 0.15) is 6.42 Å². The number of carboxylic acids is 1. The zero-order valence-corrected chi connectivity index (χ0v) is 12.9. The van der Waals surface area contributed by atoms with Gasteiger partial charge in [0.2, 0.25) is 0 Å². The molecule has 0 spiro atoms. The quantitative estimate of drug-likeness (QED) is 0.613. The van der Waals surface area contributed by atoms with E-state index in [9.17, 15) is 9.59 Å². The highest BCUT2D eigenvalue weighted by Gasteiger charge is 2.13. The van der Waals surface area contributed by atoms with E-state index in [0.29, 0.717) is 14.6 Å². The molecule has 0 radical (unpaired) electrons. The molecule has 4 N–H and O–H groups in total. The second kappa shape index (κ2) is 7.46. The van der Waals surface area contributed by atoms with Crippen molar-refractivity contribution < 1.29 is 19.8 Å². The van der Waals surface area contributed by atoms with Crippen LogP contribution in [0.2, 0.25) is 0 Å². The van der Waals surface area contributed by atoms with Gasteiger partial charge in [-0.05, 0) is 44.0 Å². The number of para-hydroxylation sites is 1. The number of urea groups is 1. The molecule has 1 aromatic rings. The van der Waals surface area contributed by atoms with Gasteiger partial charge in [0.25, 0.3) is 0 Å². The van der Waals surface area contributed by atoms with Crippen LogP contribution in [0.3, 0.4) is 0 Å². The van der Waals surface area contributed by atoms with Crippen LogP contribution in [0.15, 0.2) is 27.1 Å². The molecular weight excluding hydrogens is 384 g/mol. The first kappa shape index (κ1) is 15.9. The maximum absolute atomic E-state index is 11.6. The standard InChI is InChI=1S/C11H12Br2N2O4/c12-6-2-1-3-7(13)9(6)15-11(19)14-5-4-8(16)10(17)18/h1-3,8,16H,4-5H2,(H,17,18)(H2,14,15,19)/t8-/m0/s1. The smallest absolute Gasteiger partial charge is 0.332 e. The van der Waals surface area contributed by atoms with Crippen molar-refractivity contribution in [2.45, 2.75) is 12.5 Å². The van der Waals surface area contributed by atoms with Crippen LogP contribution in [-0.2, 0) is 4.79 Å². The van der Waals surface area contributed by atoms with Crippen molar-refractivity contribution in [1.29, 1.82) is 0 Å². The number of aliphatic hydroxyl groups is 1. The van der Waals surface area contributed by atoms with E-state index in [1.165, 1.54) is 0 Å². The Kier molecular flexibility index (Phi) is 6.26. The SMILES string of the molecule is O=C(NCC[C@H](O)C(=O)O)Nc1c(Br)cccc1Br. The first-order chi connectivity index (χ1) is 8.91. The molecule has 1 atom stereocenters. The average Bonchev–Trinajstić information content (AvgIpc) is 2.33. The number of nitrogens with one attached hydrogen (secondary N) is 2. The predicted molar refractivity (Wildman–Crippen MR) is 77.1 cm³/mol. The highest BCUT2D eigenvalue weighted by atomic mass is 79.9. The fourth-order valence-corrected chi connectivity index (χ4v) is 2.42. The van der Waals surface area contributed by atoms with Crippen molar-refractivity contribution in [2.24, 2.45) is 0 Å². The number of carbonyl (C=O) groups excluding carboxylic acids is 1. The summed E-state index contributed by atoms with van der Waals surface area (Å²) in [4.78, 5) is 21.9. The molecule has 0 saturated carbocycles. The van der Waals surface area contributed by atoms with E-state index in [-0.39, 0.29) is 13.0 Å². The molecule has 0 unspecified atom stereocenters. The van der Waals surface area contributed by atoms with Crippen molar-refractivity contribution in [2.75, 3.05) is 11.9 Å². The summed E-state index contributed by atoms with van der Waals surface area (Å²) in [5.41, 5.74) is 0.568. The van der Waals surface area contributed by atoms with E-state index < -0.39 is 18.1 Å². The number of rotatable bonds is 5. The number of carboxylic acid groups (broad SMARTS) is 1. The minimum Gasteiger partial charge on any atom is -0.479 e. The van der Waals surface area contributed by atoms with Crippen LogP contribution >= 0.6 is 31.9 Å². The Bertz CT molecular complexity index is 462. The van der Waals surface area contributed by atoms with Crippen LogP contribution in [-0.4, -0.2) is 34.9 Å². The molecule has 0 saturated heterocycles. The summed E-state index contributed by atoms with van der Waals surface area (Å²) in [5, 5.41) is 22.6. The van der Waals surface area contributed by atoms with Crippen molar-refractivity contribution in [3.63, 3.8) is 0 Å². The molecule has 0 aliphatic rings. The van der Waals surface area contributed by atoms with Gasteiger partial charge in [-0.3, -0.25) is 0 Å². The maximum atomic E-state index is 11.6. The second-order valence-electron chi connectivity index (χ2n) is 3.62. The van der Waals surface area contributed by atoms with Gasteiger partial charge in [-0.15, -0.1) is 0 Å². The Morgan fingerprint density at radius 1 is 1.26 bits per heavy atom. The van der Waals surface area contributed by atoms with Gasteiger partial charge >= 0.3 is 12.0 Å². The summed E-state index contributed by atoms with van der Waals surface area (Å²) in [6, 6.07) is 4.87. The molecule has 0 aromatic heterocycles. The van der Waals surface area contributed by atoms with Crippen LogP contribution in [0.5, 0.6) is 0 Å². The number of hydrogen-bond acceptors (Lipinski definition) is 3. The third kappa shape index (κ3) is 5.17. The lowest BCUT2D eigenvalue weighted by Gasteiger charge is -2.11. The molecule has 0 aliphatic carbocycles. The number of halogens is 2. The fraction of sp³-hybridized carbons (Fsp3) is 0.273. The van der Waals surface area contributed by atoms with E-state index in [1.807, 2.05) is 0 Å². The maximum Gasteiger partial charge on any atom is 0.332 e. The third-order valence-electron chi connectivity index (χ3n) is 2.19. The molecule has 2 amide bonds. The average molecular weight is 396 g/mol. The summed E-state index contributed by atoms with van der Waals surface area (Å²) in [7, 11) is 0. The molecule has 1 aromatic carbocycles.